The fourth-order valence-electron chi connectivity index (χ4n) is 2.69. The van der Waals surface area contributed by atoms with Gasteiger partial charge in [0.25, 0.3) is 0 Å². The van der Waals surface area contributed by atoms with E-state index in [1.54, 1.807) is 11.3 Å². The summed E-state index contributed by atoms with van der Waals surface area (Å²) >= 11 is 1.74. The number of hydrogen-bond acceptors (Lipinski definition) is 2. The van der Waals surface area contributed by atoms with Gasteiger partial charge in [0.05, 0.1) is 11.0 Å². The summed E-state index contributed by atoms with van der Waals surface area (Å²) in [6.07, 6.45) is 0. The zero-order valence-electron chi connectivity index (χ0n) is 13.4. The first-order valence-corrected chi connectivity index (χ1v) is 9.93. The fraction of sp³-hybridized carbons (Fsp3) is 0.200. The van der Waals surface area contributed by atoms with Crippen LogP contribution in [0, 0.1) is 13.8 Å². The van der Waals surface area contributed by atoms with Crippen molar-refractivity contribution in [2.45, 2.75) is 24.9 Å². The van der Waals surface area contributed by atoms with E-state index in [1.807, 2.05) is 36.4 Å². The Kier molecular flexibility index (Phi) is 5.09. The van der Waals surface area contributed by atoms with Gasteiger partial charge in [-0.3, -0.25) is 4.21 Å². The van der Waals surface area contributed by atoms with Crippen molar-refractivity contribution < 1.29 is 4.21 Å². The van der Waals surface area contributed by atoms with Gasteiger partial charge in [0, 0.05) is 15.7 Å². The van der Waals surface area contributed by atoms with Crippen LogP contribution in [0.4, 0.5) is 0 Å². The number of rotatable bonds is 5. The summed E-state index contributed by atoms with van der Waals surface area (Å²) in [6.45, 7) is 4.25. The first-order chi connectivity index (χ1) is 11.2. The molecule has 0 radical (unpaired) electrons. The van der Waals surface area contributed by atoms with Crippen molar-refractivity contribution in [2.24, 2.45) is 0 Å². The Labute approximate surface area is 144 Å². The molecule has 0 aliphatic heterocycles. The van der Waals surface area contributed by atoms with Gasteiger partial charge < -0.3 is 0 Å². The Balaban J connectivity index is 1.95. The molecule has 1 atom stereocenters. The van der Waals surface area contributed by atoms with E-state index in [0.717, 1.165) is 11.1 Å². The maximum absolute atomic E-state index is 13.2. The van der Waals surface area contributed by atoms with Gasteiger partial charge in [-0.25, -0.2) is 0 Å². The van der Waals surface area contributed by atoms with Crippen LogP contribution in [-0.4, -0.2) is 4.21 Å². The molecule has 1 unspecified atom stereocenters. The fourth-order valence-corrected chi connectivity index (χ4v) is 5.38. The minimum absolute atomic E-state index is 0.0861. The van der Waals surface area contributed by atoms with Crippen molar-refractivity contribution in [1.82, 2.24) is 0 Å². The third-order valence-electron chi connectivity index (χ3n) is 4.15. The molecule has 3 heteroatoms. The van der Waals surface area contributed by atoms with E-state index < -0.39 is 10.8 Å². The van der Waals surface area contributed by atoms with Gasteiger partial charge in [0.15, 0.2) is 0 Å². The van der Waals surface area contributed by atoms with Crippen LogP contribution in [0.2, 0.25) is 0 Å². The maximum Gasteiger partial charge on any atom is 0.0850 e. The lowest BCUT2D eigenvalue weighted by molar-refractivity contribution is 0.677. The molecule has 0 N–H and O–H groups in total. The second-order valence-electron chi connectivity index (χ2n) is 5.67. The number of hydrogen-bond donors (Lipinski definition) is 0. The zero-order chi connectivity index (χ0) is 16.2. The van der Waals surface area contributed by atoms with Crippen molar-refractivity contribution in [3.05, 3.63) is 93.2 Å². The topological polar surface area (TPSA) is 17.1 Å². The number of thiophene rings is 1. The first kappa shape index (κ1) is 16.2. The molecule has 0 fully saturated rings. The molecule has 3 rings (SSSR count). The molecule has 1 nitrogen and oxygen atoms in total. The highest BCUT2D eigenvalue weighted by atomic mass is 32.2. The molecule has 2 aromatic carbocycles. The van der Waals surface area contributed by atoms with Crippen LogP contribution in [0.25, 0.3) is 0 Å². The van der Waals surface area contributed by atoms with Gasteiger partial charge in [-0.15, -0.1) is 11.3 Å². The molecule has 3 aromatic rings. The van der Waals surface area contributed by atoms with Crippen molar-refractivity contribution in [2.75, 3.05) is 0 Å². The van der Waals surface area contributed by atoms with Crippen LogP contribution in [0.1, 0.15) is 32.4 Å². The maximum atomic E-state index is 13.2. The van der Waals surface area contributed by atoms with E-state index >= 15 is 0 Å². The summed E-state index contributed by atoms with van der Waals surface area (Å²) in [5, 5.41) is 2.06. The van der Waals surface area contributed by atoms with Crippen molar-refractivity contribution in [3.8, 4) is 0 Å². The summed E-state index contributed by atoms with van der Waals surface area (Å²) in [4.78, 5) is 1.31. The molecule has 0 spiro atoms. The average Bonchev–Trinajstić information content (AvgIpc) is 2.89. The smallest absolute Gasteiger partial charge is 0.0850 e. The summed E-state index contributed by atoms with van der Waals surface area (Å²) in [5.41, 5.74) is 4.72. The van der Waals surface area contributed by atoms with E-state index in [4.69, 9.17) is 0 Å². The Morgan fingerprint density at radius 3 is 1.87 bits per heavy atom. The second kappa shape index (κ2) is 7.24. The van der Waals surface area contributed by atoms with Crippen molar-refractivity contribution in [3.63, 3.8) is 0 Å². The van der Waals surface area contributed by atoms with Crippen molar-refractivity contribution >= 4 is 22.1 Å². The predicted octanol–water partition coefficient (Wildman–Crippen LogP) is 5.40. The summed E-state index contributed by atoms with van der Waals surface area (Å²) < 4.78 is 13.2. The molecule has 0 aliphatic rings. The first-order valence-electron chi connectivity index (χ1n) is 7.67. The van der Waals surface area contributed by atoms with E-state index in [0.29, 0.717) is 5.75 Å². The van der Waals surface area contributed by atoms with Crippen LogP contribution >= 0.6 is 11.3 Å². The summed E-state index contributed by atoms with van der Waals surface area (Å²) in [6, 6.07) is 20.3. The molecular weight excluding hydrogens is 320 g/mol. The van der Waals surface area contributed by atoms with Gasteiger partial charge in [0.2, 0.25) is 0 Å². The largest absolute Gasteiger partial charge is 0.258 e. The van der Waals surface area contributed by atoms with Crippen LogP contribution in [0.5, 0.6) is 0 Å². The lowest BCUT2D eigenvalue weighted by Crippen LogP contribution is -2.10. The molecular formula is C20H20OS2. The number of aryl methyl sites for hydroxylation is 1. The molecule has 1 aromatic heterocycles. The monoisotopic (exact) mass is 340 g/mol. The van der Waals surface area contributed by atoms with Gasteiger partial charge in [-0.2, -0.15) is 0 Å². The molecule has 1 heterocycles. The normalized spacial score (nSPS) is 12.5. The quantitative estimate of drug-likeness (QED) is 0.607. The molecule has 23 heavy (non-hydrogen) atoms. The third-order valence-corrected chi connectivity index (χ3v) is 6.88. The summed E-state index contributed by atoms with van der Waals surface area (Å²) in [5.74, 6) is 0.602. The van der Waals surface area contributed by atoms with E-state index in [-0.39, 0.29) is 5.25 Å². The van der Waals surface area contributed by atoms with E-state index in [2.05, 4.69) is 43.5 Å². The second-order valence-corrected chi connectivity index (χ2v) is 8.27. The Bertz CT molecular complexity index is 752. The molecule has 0 amide bonds. The highest BCUT2D eigenvalue weighted by Gasteiger charge is 2.22. The Morgan fingerprint density at radius 2 is 1.43 bits per heavy atom. The van der Waals surface area contributed by atoms with E-state index in [9.17, 15) is 4.21 Å². The molecule has 0 saturated carbocycles. The Hall–Kier alpha value is -1.71. The molecule has 0 bridgehead atoms. The molecule has 0 aliphatic carbocycles. The predicted molar refractivity (Wildman–Crippen MR) is 100 cm³/mol. The summed E-state index contributed by atoms with van der Waals surface area (Å²) in [7, 11) is -1.00. The van der Waals surface area contributed by atoms with Gasteiger partial charge in [0.1, 0.15) is 0 Å². The molecule has 0 saturated heterocycles. The standard InChI is InChI=1S/C20H20OS2/c1-15-16(2)22-13-19(15)14-23(21)20(17-9-5-3-6-10-17)18-11-7-4-8-12-18/h3-13,20H,14H2,1-2H3. The lowest BCUT2D eigenvalue weighted by atomic mass is 10.0. The lowest BCUT2D eigenvalue weighted by Gasteiger charge is -2.18. The third kappa shape index (κ3) is 3.62. The van der Waals surface area contributed by atoms with Crippen LogP contribution in [0.15, 0.2) is 66.0 Å². The highest BCUT2D eigenvalue weighted by molar-refractivity contribution is 7.84. The average molecular weight is 341 g/mol. The highest BCUT2D eigenvalue weighted by Crippen LogP contribution is 2.31. The SMILES string of the molecule is Cc1scc(CS(=O)C(c2ccccc2)c2ccccc2)c1C. The van der Waals surface area contributed by atoms with Gasteiger partial charge in [-0.1, -0.05) is 60.7 Å². The van der Waals surface area contributed by atoms with Crippen LogP contribution in [0.3, 0.4) is 0 Å². The molecule has 118 valence electrons. The minimum Gasteiger partial charge on any atom is -0.258 e. The van der Waals surface area contributed by atoms with Crippen LogP contribution in [-0.2, 0) is 16.6 Å². The minimum atomic E-state index is -1.00. The zero-order valence-corrected chi connectivity index (χ0v) is 15.0. The van der Waals surface area contributed by atoms with Gasteiger partial charge >= 0.3 is 0 Å². The van der Waals surface area contributed by atoms with Gasteiger partial charge in [-0.05, 0) is 41.5 Å². The number of benzene rings is 2. The van der Waals surface area contributed by atoms with Crippen molar-refractivity contribution in [1.29, 1.82) is 0 Å². The van der Waals surface area contributed by atoms with Crippen LogP contribution < -0.4 is 0 Å². The van der Waals surface area contributed by atoms with E-state index in [1.165, 1.54) is 16.0 Å². The Morgan fingerprint density at radius 1 is 0.913 bits per heavy atom.